The lowest BCUT2D eigenvalue weighted by molar-refractivity contribution is -0.143. The number of aliphatic hydroxyl groups is 1. The van der Waals surface area contributed by atoms with Gasteiger partial charge < -0.3 is 20.0 Å². The lowest BCUT2D eigenvalue weighted by Gasteiger charge is -2.40. The average Bonchev–Trinajstić information content (AvgIpc) is 2.34. The van der Waals surface area contributed by atoms with Crippen molar-refractivity contribution in [2.24, 2.45) is 5.92 Å². The van der Waals surface area contributed by atoms with Crippen LogP contribution in [0.2, 0.25) is 0 Å². The molecule has 0 spiro atoms. The molecule has 6 heteroatoms. The van der Waals surface area contributed by atoms with Crippen molar-refractivity contribution >= 4 is 12.0 Å². The molecular weight excluding hydrogens is 248 g/mol. The lowest BCUT2D eigenvalue weighted by Crippen LogP contribution is -2.53. The predicted molar refractivity (Wildman–Crippen MR) is 70.9 cm³/mol. The zero-order valence-electron chi connectivity index (χ0n) is 11.9. The fourth-order valence-corrected chi connectivity index (χ4v) is 2.53. The largest absolute Gasteiger partial charge is 0.481 e. The summed E-state index contributed by atoms with van der Waals surface area (Å²) < 4.78 is 0. The van der Waals surface area contributed by atoms with E-state index in [-0.39, 0.29) is 30.6 Å². The highest BCUT2D eigenvalue weighted by atomic mass is 16.4. The first-order valence-corrected chi connectivity index (χ1v) is 6.79. The summed E-state index contributed by atoms with van der Waals surface area (Å²) in [6.07, 6.45) is 0.989. The van der Waals surface area contributed by atoms with Crippen LogP contribution in [-0.4, -0.2) is 63.8 Å². The summed E-state index contributed by atoms with van der Waals surface area (Å²) in [5, 5.41) is 18.0. The molecule has 2 unspecified atom stereocenters. The quantitative estimate of drug-likeness (QED) is 0.800. The minimum atomic E-state index is -0.782. The van der Waals surface area contributed by atoms with E-state index < -0.39 is 5.97 Å². The van der Waals surface area contributed by atoms with Crippen molar-refractivity contribution in [3.63, 3.8) is 0 Å². The number of hydrogen-bond acceptors (Lipinski definition) is 3. The van der Waals surface area contributed by atoms with Crippen LogP contribution in [0, 0.1) is 5.92 Å². The van der Waals surface area contributed by atoms with Crippen LogP contribution in [0.5, 0.6) is 0 Å². The molecule has 1 heterocycles. The van der Waals surface area contributed by atoms with Gasteiger partial charge in [-0.1, -0.05) is 0 Å². The highest BCUT2D eigenvalue weighted by Crippen LogP contribution is 2.24. The first-order valence-electron chi connectivity index (χ1n) is 6.79. The van der Waals surface area contributed by atoms with E-state index in [2.05, 4.69) is 0 Å². The number of piperidine rings is 1. The van der Waals surface area contributed by atoms with Gasteiger partial charge in [-0.05, 0) is 33.6 Å². The third-order valence-electron chi connectivity index (χ3n) is 3.68. The van der Waals surface area contributed by atoms with E-state index in [1.54, 1.807) is 9.80 Å². The Balaban J connectivity index is 2.69. The normalized spacial score (nSPS) is 23.5. The second-order valence-electron chi connectivity index (χ2n) is 5.40. The number of likely N-dealkylation sites (tertiary alicyclic amines) is 1. The molecule has 0 aliphatic carbocycles. The molecule has 2 atom stereocenters. The standard InChI is InChI=1S/C13H24N2O4/c1-9(2)14(6-7-16)13(19)15-5-4-11(12(17)18)8-10(15)3/h9-11,16H,4-8H2,1-3H3,(H,17,18). The molecule has 110 valence electrons. The molecule has 1 aliphatic rings. The van der Waals surface area contributed by atoms with E-state index in [9.17, 15) is 9.59 Å². The van der Waals surface area contributed by atoms with E-state index in [0.29, 0.717) is 25.9 Å². The number of hydrogen-bond donors (Lipinski definition) is 2. The number of carbonyl (C=O) groups is 2. The molecule has 6 nitrogen and oxygen atoms in total. The summed E-state index contributed by atoms with van der Waals surface area (Å²) in [7, 11) is 0. The number of carboxylic acids is 1. The number of carbonyl (C=O) groups excluding carboxylic acids is 1. The van der Waals surface area contributed by atoms with Crippen molar-refractivity contribution < 1.29 is 19.8 Å². The Hall–Kier alpha value is -1.30. The third-order valence-corrected chi connectivity index (χ3v) is 3.68. The van der Waals surface area contributed by atoms with E-state index >= 15 is 0 Å². The number of aliphatic carboxylic acids is 1. The summed E-state index contributed by atoms with van der Waals surface area (Å²) in [6, 6.07) is -0.174. The smallest absolute Gasteiger partial charge is 0.320 e. The zero-order valence-corrected chi connectivity index (χ0v) is 11.9. The van der Waals surface area contributed by atoms with Crippen LogP contribution in [0.25, 0.3) is 0 Å². The summed E-state index contributed by atoms with van der Waals surface area (Å²) in [6.45, 7) is 6.40. The van der Waals surface area contributed by atoms with Crippen LogP contribution in [0.3, 0.4) is 0 Å². The van der Waals surface area contributed by atoms with Gasteiger partial charge in [0.2, 0.25) is 0 Å². The molecule has 2 N–H and O–H groups in total. The molecule has 0 saturated carbocycles. The highest BCUT2D eigenvalue weighted by Gasteiger charge is 2.34. The van der Waals surface area contributed by atoms with Gasteiger partial charge in [0.15, 0.2) is 0 Å². The number of amides is 2. The van der Waals surface area contributed by atoms with Crippen LogP contribution >= 0.6 is 0 Å². The first kappa shape index (κ1) is 15.8. The van der Waals surface area contributed by atoms with Gasteiger partial charge >= 0.3 is 12.0 Å². The number of rotatable bonds is 4. The van der Waals surface area contributed by atoms with Gasteiger partial charge in [0.05, 0.1) is 12.5 Å². The van der Waals surface area contributed by atoms with E-state index in [1.807, 2.05) is 20.8 Å². The summed E-state index contributed by atoms with van der Waals surface area (Å²) in [4.78, 5) is 26.7. The van der Waals surface area contributed by atoms with Crippen molar-refractivity contribution in [1.82, 2.24) is 9.80 Å². The van der Waals surface area contributed by atoms with Crippen LogP contribution in [-0.2, 0) is 4.79 Å². The van der Waals surface area contributed by atoms with Crippen LogP contribution in [0.15, 0.2) is 0 Å². The molecule has 0 aromatic rings. The van der Waals surface area contributed by atoms with Gasteiger partial charge in [-0.2, -0.15) is 0 Å². The predicted octanol–water partition coefficient (Wildman–Crippen LogP) is 0.994. The minimum absolute atomic E-state index is 0.0176. The van der Waals surface area contributed by atoms with Gasteiger partial charge in [0.1, 0.15) is 0 Å². The number of aliphatic hydroxyl groups excluding tert-OH is 1. The molecule has 1 rings (SSSR count). The van der Waals surface area contributed by atoms with Gasteiger partial charge in [-0.15, -0.1) is 0 Å². The molecule has 1 saturated heterocycles. The fraction of sp³-hybridized carbons (Fsp3) is 0.846. The Morgan fingerprint density at radius 2 is 2.05 bits per heavy atom. The highest BCUT2D eigenvalue weighted by molar-refractivity contribution is 5.76. The van der Waals surface area contributed by atoms with Gasteiger partial charge in [-0.3, -0.25) is 4.79 Å². The second-order valence-corrected chi connectivity index (χ2v) is 5.40. The zero-order chi connectivity index (χ0) is 14.6. The minimum Gasteiger partial charge on any atom is -0.481 e. The van der Waals surface area contributed by atoms with Crippen molar-refractivity contribution in [1.29, 1.82) is 0 Å². The van der Waals surface area contributed by atoms with E-state index in [0.717, 1.165) is 0 Å². The van der Waals surface area contributed by atoms with Crippen LogP contribution in [0.4, 0.5) is 4.79 Å². The summed E-state index contributed by atoms with van der Waals surface area (Å²) >= 11 is 0. The molecule has 0 radical (unpaired) electrons. The van der Waals surface area contributed by atoms with Crippen molar-refractivity contribution in [2.45, 2.75) is 45.7 Å². The average molecular weight is 272 g/mol. The summed E-state index contributed by atoms with van der Waals surface area (Å²) in [5.41, 5.74) is 0. The van der Waals surface area contributed by atoms with E-state index in [4.69, 9.17) is 10.2 Å². The molecule has 2 amide bonds. The maximum atomic E-state index is 12.4. The molecule has 0 bridgehead atoms. The molecular formula is C13H24N2O4. The fourth-order valence-electron chi connectivity index (χ4n) is 2.53. The van der Waals surface area contributed by atoms with Crippen LogP contribution < -0.4 is 0 Å². The summed E-state index contributed by atoms with van der Waals surface area (Å²) in [5.74, 6) is -1.14. The molecule has 0 aromatic carbocycles. The Bertz CT molecular complexity index is 333. The van der Waals surface area contributed by atoms with Crippen molar-refractivity contribution in [3.05, 3.63) is 0 Å². The molecule has 1 aliphatic heterocycles. The number of urea groups is 1. The Labute approximate surface area is 114 Å². The second kappa shape index (κ2) is 6.75. The van der Waals surface area contributed by atoms with Crippen LogP contribution in [0.1, 0.15) is 33.6 Å². The van der Waals surface area contributed by atoms with E-state index in [1.165, 1.54) is 0 Å². The first-order chi connectivity index (χ1) is 8.88. The lowest BCUT2D eigenvalue weighted by atomic mass is 9.92. The van der Waals surface area contributed by atoms with Crippen molar-refractivity contribution in [3.8, 4) is 0 Å². The third kappa shape index (κ3) is 3.83. The maximum absolute atomic E-state index is 12.4. The number of carboxylic acid groups (broad SMARTS) is 1. The van der Waals surface area contributed by atoms with Crippen molar-refractivity contribution in [2.75, 3.05) is 19.7 Å². The SMILES string of the molecule is CC(C)N(CCO)C(=O)N1CCC(C(=O)O)CC1C. The van der Waals surface area contributed by atoms with Gasteiger partial charge in [0, 0.05) is 25.2 Å². The monoisotopic (exact) mass is 272 g/mol. The maximum Gasteiger partial charge on any atom is 0.320 e. The Morgan fingerprint density at radius 3 is 2.47 bits per heavy atom. The van der Waals surface area contributed by atoms with Gasteiger partial charge in [0.25, 0.3) is 0 Å². The molecule has 19 heavy (non-hydrogen) atoms. The Kier molecular flexibility index (Phi) is 5.60. The van der Waals surface area contributed by atoms with Gasteiger partial charge in [-0.25, -0.2) is 4.79 Å². The molecule has 1 fully saturated rings. The number of nitrogens with zero attached hydrogens (tertiary/aromatic N) is 2. The molecule has 0 aromatic heterocycles. The topological polar surface area (TPSA) is 81.1 Å². The Morgan fingerprint density at radius 1 is 1.42 bits per heavy atom.